The van der Waals surface area contributed by atoms with Gasteiger partial charge in [0.05, 0.1) is 0 Å². The predicted molar refractivity (Wildman–Crippen MR) is 87.1 cm³/mol. The molecule has 0 N–H and O–H groups in total. The van der Waals surface area contributed by atoms with E-state index in [2.05, 4.69) is 92.5 Å². The highest BCUT2D eigenvalue weighted by Gasteiger charge is 1.98. The number of halogens is 2. The maximum atomic E-state index is 3.52. The molecule has 0 nitrogen and oxygen atoms in total. The zero-order chi connectivity index (χ0) is 12.8. The lowest BCUT2D eigenvalue weighted by molar-refractivity contribution is 1.40. The Hall–Kier alpha value is -0.860. The SMILES string of the molecule is BrCc1ccccc1/C=C\c1ccccc1CBr. The summed E-state index contributed by atoms with van der Waals surface area (Å²) in [7, 11) is 0. The molecule has 0 bridgehead atoms. The van der Waals surface area contributed by atoms with E-state index in [0.29, 0.717) is 0 Å². The molecule has 0 spiro atoms. The summed E-state index contributed by atoms with van der Waals surface area (Å²) in [5.74, 6) is 0. The highest BCUT2D eigenvalue weighted by molar-refractivity contribution is 9.08. The van der Waals surface area contributed by atoms with Crippen LogP contribution < -0.4 is 0 Å². The second-order valence-electron chi connectivity index (χ2n) is 4.00. The van der Waals surface area contributed by atoms with E-state index in [1.807, 2.05) is 0 Å². The smallest absolute Gasteiger partial charge is 0.0288 e. The molecular weight excluding hydrogens is 352 g/mol. The Morgan fingerprint density at radius 3 is 1.44 bits per heavy atom. The van der Waals surface area contributed by atoms with Gasteiger partial charge in [0, 0.05) is 10.7 Å². The van der Waals surface area contributed by atoms with E-state index in [-0.39, 0.29) is 0 Å². The zero-order valence-electron chi connectivity index (χ0n) is 9.94. The third kappa shape index (κ3) is 3.33. The van der Waals surface area contributed by atoms with Crippen molar-refractivity contribution in [2.45, 2.75) is 10.7 Å². The van der Waals surface area contributed by atoms with E-state index in [1.54, 1.807) is 0 Å². The van der Waals surface area contributed by atoms with Crippen LogP contribution in [0.5, 0.6) is 0 Å². The average Bonchev–Trinajstić information content (AvgIpc) is 2.45. The zero-order valence-corrected chi connectivity index (χ0v) is 13.1. The number of alkyl halides is 2. The normalized spacial score (nSPS) is 11.0. The molecule has 0 aliphatic rings. The maximum Gasteiger partial charge on any atom is 0.0288 e. The summed E-state index contributed by atoms with van der Waals surface area (Å²) in [6.07, 6.45) is 4.36. The second kappa shape index (κ2) is 6.91. The highest BCUT2D eigenvalue weighted by atomic mass is 79.9. The fourth-order valence-corrected chi connectivity index (χ4v) is 2.84. The summed E-state index contributed by atoms with van der Waals surface area (Å²) >= 11 is 7.04. The van der Waals surface area contributed by atoms with Gasteiger partial charge in [0.1, 0.15) is 0 Å². The minimum Gasteiger partial charge on any atom is -0.0876 e. The van der Waals surface area contributed by atoms with Crippen LogP contribution in [0.2, 0.25) is 0 Å². The molecule has 0 radical (unpaired) electrons. The van der Waals surface area contributed by atoms with Crippen molar-refractivity contribution >= 4 is 44.0 Å². The first-order valence-corrected chi connectivity index (χ1v) is 8.05. The molecule has 0 fully saturated rings. The molecule has 0 saturated carbocycles. The Kier molecular flexibility index (Phi) is 5.21. The first kappa shape index (κ1) is 13.6. The van der Waals surface area contributed by atoms with Crippen LogP contribution in [0.25, 0.3) is 12.2 Å². The molecule has 0 heterocycles. The van der Waals surface area contributed by atoms with Crippen LogP contribution in [0.15, 0.2) is 48.5 Å². The molecule has 2 rings (SSSR count). The first-order chi connectivity index (χ1) is 8.85. The van der Waals surface area contributed by atoms with Crippen LogP contribution in [0.3, 0.4) is 0 Å². The third-order valence-corrected chi connectivity index (χ3v) is 4.05. The molecule has 2 aromatic rings. The summed E-state index contributed by atoms with van der Waals surface area (Å²) in [6, 6.07) is 16.9. The fraction of sp³-hybridized carbons (Fsp3) is 0.125. The van der Waals surface area contributed by atoms with Crippen molar-refractivity contribution in [1.82, 2.24) is 0 Å². The number of hydrogen-bond acceptors (Lipinski definition) is 0. The lowest BCUT2D eigenvalue weighted by atomic mass is 10.0. The topological polar surface area (TPSA) is 0 Å². The van der Waals surface area contributed by atoms with Gasteiger partial charge in [-0.25, -0.2) is 0 Å². The van der Waals surface area contributed by atoms with Crippen molar-refractivity contribution in [3.05, 3.63) is 70.8 Å². The quantitative estimate of drug-likeness (QED) is 0.485. The van der Waals surface area contributed by atoms with Gasteiger partial charge in [-0.3, -0.25) is 0 Å². The molecule has 0 unspecified atom stereocenters. The summed E-state index contributed by atoms with van der Waals surface area (Å²) in [5.41, 5.74) is 5.15. The van der Waals surface area contributed by atoms with Crippen molar-refractivity contribution in [1.29, 1.82) is 0 Å². The van der Waals surface area contributed by atoms with Gasteiger partial charge in [-0.1, -0.05) is 92.5 Å². The highest BCUT2D eigenvalue weighted by Crippen LogP contribution is 2.18. The molecule has 0 atom stereocenters. The van der Waals surface area contributed by atoms with Gasteiger partial charge in [-0.2, -0.15) is 0 Å². The van der Waals surface area contributed by atoms with E-state index in [4.69, 9.17) is 0 Å². The Morgan fingerprint density at radius 2 is 1.06 bits per heavy atom. The van der Waals surface area contributed by atoms with Gasteiger partial charge in [0.2, 0.25) is 0 Å². The van der Waals surface area contributed by atoms with Crippen LogP contribution in [0.1, 0.15) is 22.3 Å². The monoisotopic (exact) mass is 364 g/mol. The minimum absolute atomic E-state index is 0.883. The molecule has 2 aromatic carbocycles. The van der Waals surface area contributed by atoms with E-state index in [1.165, 1.54) is 22.3 Å². The summed E-state index contributed by atoms with van der Waals surface area (Å²) in [5, 5.41) is 1.77. The molecule has 0 aromatic heterocycles. The van der Waals surface area contributed by atoms with Crippen molar-refractivity contribution in [2.24, 2.45) is 0 Å². The van der Waals surface area contributed by atoms with Gasteiger partial charge in [0.15, 0.2) is 0 Å². The van der Waals surface area contributed by atoms with Crippen molar-refractivity contribution in [2.75, 3.05) is 0 Å². The Morgan fingerprint density at radius 1 is 0.667 bits per heavy atom. The van der Waals surface area contributed by atoms with Gasteiger partial charge in [-0.05, 0) is 22.3 Å². The number of hydrogen-bond donors (Lipinski definition) is 0. The molecule has 0 aliphatic carbocycles. The standard InChI is InChI=1S/C16H14Br2/c17-11-15-7-3-1-5-13(15)9-10-14-6-2-4-8-16(14)12-18/h1-10H,11-12H2/b10-9-. The van der Waals surface area contributed by atoms with E-state index < -0.39 is 0 Å². The first-order valence-electron chi connectivity index (χ1n) is 5.81. The van der Waals surface area contributed by atoms with Crippen LogP contribution in [0, 0.1) is 0 Å². The van der Waals surface area contributed by atoms with Crippen LogP contribution in [-0.4, -0.2) is 0 Å². The van der Waals surface area contributed by atoms with Gasteiger partial charge >= 0.3 is 0 Å². The maximum absolute atomic E-state index is 3.52. The van der Waals surface area contributed by atoms with Crippen LogP contribution >= 0.6 is 31.9 Å². The van der Waals surface area contributed by atoms with Crippen LogP contribution in [-0.2, 0) is 10.7 Å². The molecule has 18 heavy (non-hydrogen) atoms. The third-order valence-electron chi connectivity index (χ3n) is 2.84. The van der Waals surface area contributed by atoms with Crippen molar-refractivity contribution in [3.8, 4) is 0 Å². The molecule has 0 amide bonds. The van der Waals surface area contributed by atoms with E-state index in [0.717, 1.165) is 10.7 Å². The molecule has 0 saturated heterocycles. The fourth-order valence-electron chi connectivity index (χ4n) is 1.82. The average molecular weight is 366 g/mol. The Labute approximate surface area is 125 Å². The van der Waals surface area contributed by atoms with Crippen molar-refractivity contribution in [3.63, 3.8) is 0 Å². The molecule has 0 aliphatic heterocycles. The largest absolute Gasteiger partial charge is 0.0876 e. The summed E-state index contributed by atoms with van der Waals surface area (Å²) < 4.78 is 0. The molecular formula is C16H14Br2. The van der Waals surface area contributed by atoms with Gasteiger partial charge < -0.3 is 0 Å². The van der Waals surface area contributed by atoms with E-state index in [9.17, 15) is 0 Å². The second-order valence-corrected chi connectivity index (χ2v) is 5.12. The Balaban J connectivity index is 2.30. The molecule has 92 valence electrons. The molecule has 2 heteroatoms. The number of benzene rings is 2. The van der Waals surface area contributed by atoms with E-state index >= 15 is 0 Å². The van der Waals surface area contributed by atoms with Crippen molar-refractivity contribution < 1.29 is 0 Å². The van der Waals surface area contributed by atoms with Gasteiger partial charge in [-0.15, -0.1) is 0 Å². The predicted octanol–water partition coefficient (Wildman–Crippen LogP) is 5.65. The lowest BCUT2D eigenvalue weighted by Crippen LogP contribution is -1.85. The Bertz CT molecular complexity index is 495. The lowest BCUT2D eigenvalue weighted by Gasteiger charge is -2.03. The summed E-state index contributed by atoms with van der Waals surface area (Å²) in [6.45, 7) is 0. The number of rotatable bonds is 4. The minimum atomic E-state index is 0.883. The van der Waals surface area contributed by atoms with Gasteiger partial charge in [0.25, 0.3) is 0 Å². The van der Waals surface area contributed by atoms with Crippen LogP contribution in [0.4, 0.5) is 0 Å². The summed E-state index contributed by atoms with van der Waals surface area (Å²) in [4.78, 5) is 0.